The van der Waals surface area contributed by atoms with Crippen LogP contribution in [0.1, 0.15) is 32.6 Å². The molecular formula is C21H28FN3O. The summed E-state index contributed by atoms with van der Waals surface area (Å²) in [7, 11) is 0. The average Bonchev–Trinajstić information content (AvgIpc) is 3.10. The lowest BCUT2D eigenvalue weighted by Crippen LogP contribution is -2.47. The molecule has 0 saturated carbocycles. The van der Waals surface area contributed by atoms with E-state index in [1.807, 2.05) is 17.0 Å². The molecule has 2 aromatic rings. The number of nitrogens with zero attached hydrogens (tertiary/aromatic N) is 3. The Kier molecular flexibility index (Phi) is 5.09. The fourth-order valence-corrected chi connectivity index (χ4v) is 4.76. The summed E-state index contributed by atoms with van der Waals surface area (Å²) in [6, 6.07) is 6.15. The standard InChI is InChI=1S/C21H28FN3O/c1-3-8-26-20-10-18-6-7-19(11-20)24(18)13-15(2)14-25-21-9-17(22)5-4-16(21)12-23-25/h3-5,9,12,15,18-20H,1,6-8,10-11,13-14H2,2H3/t15-,18-,19+,20+/m1/s1. The first-order chi connectivity index (χ1) is 12.6. The molecule has 2 fully saturated rings. The Labute approximate surface area is 154 Å². The molecule has 5 heteroatoms. The van der Waals surface area contributed by atoms with Crippen LogP contribution in [0.4, 0.5) is 4.39 Å². The molecule has 0 amide bonds. The zero-order valence-corrected chi connectivity index (χ0v) is 15.5. The van der Waals surface area contributed by atoms with Gasteiger partial charge in [-0.2, -0.15) is 5.10 Å². The Morgan fingerprint density at radius 1 is 1.31 bits per heavy atom. The smallest absolute Gasteiger partial charge is 0.125 e. The van der Waals surface area contributed by atoms with Gasteiger partial charge in [-0.1, -0.05) is 13.0 Å². The highest BCUT2D eigenvalue weighted by atomic mass is 19.1. The molecule has 4 nitrogen and oxygen atoms in total. The molecule has 2 bridgehead atoms. The number of aromatic nitrogens is 2. The molecule has 2 aliphatic rings. The normalized spacial score (nSPS) is 27.1. The lowest BCUT2D eigenvalue weighted by molar-refractivity contribution is -0.0134. The minimum atomic E-state index is -0.202. The molecule has 0 unspecified atom stereocenters. The highest BCUT2D eigenvalue weighted by Crippen LogP contribution is 2.37. The highest BCUT2D eigenvalue weighted by molar-refractivity contribution is 5.78. The van der Waals surface area contributed by atoms with E-state index in [9.17, 15) is 4.39 Å². The second-order valence-corrected chi connectivity index (χ2v) is 7.93. The molecule has 0 N–H and O–H groups in total. The Morgan fingerprint density at radius 2 is 2.08 bits per heavy atom. The summed E-state index contributed by atoms with van der Waals surface area (Å²) in [5.74, 6) is 0.265. The van der Waals surface area contributed by atoms with Gasteiger partial charge in [0, 0.05) is 30.6 Å². The minimum absolute atomic E-state index is 0.202. The number of fused-ring (bicyclic) bond motifs is 3. The first kappa shape index (κ1) is 17.7. The summed E-state index contributed by atoms with van der Waals surface area (Å²) in [5.41, 5.74) is 0.886. The molecule has 140 valence electrons. The van der Waals surface area contributed by atoms with Crippen LogP contribution in [-0.4, -0.2) is 46.0 Å². The van der Waals surface area contributed by atoms with Crippen molar-refractivity contribution < 1.29 is 9.13 Å². The summed E-state index contributed by atoms with van der Waals surface area (Å²) in [6.45, 7) is 8.56. The van der Waals surface area contributed by atoms with Gasteiger partial charge < -0.3 is 4.74 Å². The molecule has 0 radical (unpaired) electrons. The molecule has 3 heterocycles. The topological polar surface area (TPSA) is 30.3 Å². The van der Waals surface area contributed by atoms with Gasteiger partial charge in [0.15, 0.2) is 0 Å². The van der Waals surface area contributed by atoms with Gasteiger partial charge in [0.05, 0.1) is 24.4 Å². The molecule has 4 rings (SSSR count). The molecule has 1 aromatic heterocycles. The van der Waals surface area contributed by atoms with E-state index in [-0.39, 0.29) is 5.82 Å². The number of piperidine rings is 1. The Bertz CT molecular complexity index is 760. The van der Waals surface area contributed by atoms with Crippen molar-refractivity contribution in [1.82, 2.24) is 14.7 Å². The lowest BCUT2D eigenvalue weighted by Gasteiger charge is -2.40. The van der Waals surface area contributed by atoms with Gasteiger partial charge in [0.25, 0.3) is 0 Å². The van der Waals surface area contributed by atoms with E-state index < -0.39 is 0 Å². The third-order valence-electron chi connectivity index (χ3n) is 5.90. The second kappa shape index (κ2) is 7.49. The zero-order valence-electron chi connectivity index (χ0n) is 15.5. The van der Waals surface area contributed by atoms with Crippen LogP contribution >= 0.6 is 0 Å². The summed E-state index contributed by atoms with van der Waals surface area (Å²) in [6.07, 6.45) is 8.87. The van der Waals surface area contributed by atoms with Gasteiger partial charge >= 0.3 is 0 Å². The summed E-state index contributed by atoms with van der Waals surface area (Å²) in [5, 5.41) is 5.47. The third-order valence-corrected chi connectivity index (χ3v) is 5.90. The number of benzene rings is 1. The van der Waals surface area contributed by atoms with E-state index in [2.05, 4.69) is 23.5 Å². The quantitative estimate of drug-likeness (QED) is 0.702. The Balaban J connectivity index is 1.38. The fraction of sp³-hybridized carbons (Fsp3) is 0.571. The van der Waals surface area contributed by atoms with E-state index in [0.717, 1.165) is 36.8 Å². The molecule has 0 aliphatic carbocycles. The van der Waals surface area contributed by atoms with E-state index in [0.29, 0.717) is 30.7 Å². The van der Waals surface area contributed by atoms with Crippen molar-refractivity contribution in [1.29, 1.82) is 0 Å². The third kappa shape index (κ3) is 3.55. The second-order valence-electron chi connectivity index (χ2n) is 7.93. The molecule has 26 heavy (non-hydrogen) atoms. The summed E-state index contributed by atoms with van der Waals surface area (Å²) in [4.78, 5) is 2.69. The van der Waals surface area contributed by atoms with Crippen LogP contribution in [0.5, 0.6) is 0 Å². The molecule has 1 aromatic carbocycles. The highest BCUT2D eigenvalue weighted by Gasteiger charge is 2.41. The van der Waals surface area contributed by atoms with Crippen molar-refractivity contribution in [2.45, 2.75) is 57.3 Å². The minimum Gasteiger partial charge on any atom is -0.374 e. The van der Waals surface area contributed by atoms with Gasteiger partial charge in [-0.15, -0.1) is 6.58 Å². The van der Waals surface area contributed by atoms with Crippen LogP contribution < -0.4 is 0 Å². The molecular weight excluding hydrogens is 329 g/mol. The Morgan fingerprint density at radius 3 is 2.81 bits per heavy atom. The van der Waals surface area contributed by atoms with E-state index in [4.69, 9.17) is 4.74 Å². The molecule has 2 aliphatic heterocycles. The predicted octanol–water partition coefficient (Wildman–Crippen LogP) is 4.01. The van der Waals surface area contributed by atoms with Gasteiger partial charge in [-0.05, 0) is 49.8 Å². The van der Waals surface area contributed by atoms with E-state index >= 15 is 0 Å². The van der Waals surface area contributed by atoms with Crippen molar-refractivity contribution in [3.8, 4) is 0 Å². The van der Waals surface area contributed by atoms with E-state index in [1.165, 1.54) is 18.9 Å². The van der Waals surface area contributed by atoms with Crippen LogP contribution in [0.3, 0.4) is 0 Å². The van der Waals surface area contributed by atoms with E-state index in [1.54, 1.807) is 12.1 Å². The molecule has 4 atom stereocenters. The zero-order chi connectivity index (χ0) is 18.1. The van der Waals surface area contributed by atoms with Crippen LogP contribution in [-0.2, 0) is 11.3 Å². The molecule has 0 spiro atoms. The van der Waals surface area contributed by atoms with Gasteiger partial charge in [-0.3, -0.25) is 9.58 Å². The summed E-state index contributed by atoms with van der Waals surface area (Å²) < 4.78 is 21.4. The van der Waals surface area contributed by atoms with Gasteiger partial charge in [0.2, 0.25) is 0 Å². The number of ether oxygens (including phenoxy) is 1. The van der Waals surface area contributed by atoms with Crippen molar-refractivity contribution in [3.05, 3.63) is 42.9 Å². The maximum atomic E-state index is 13.6. The average molecular weight is 357 g/mol. The number of halogens is 1. The maximum absolute atomic E-state index is 13.6. The number of hydrogen-bond acceptors (Lipinski definition) is 3. The largest absolute Gasteiger partial charge is 0.374 e. The van der Waals surface area contributed by atoms with Gasteiger partial charge in [-0.25, -0.2) is 4.39 Å². The van der Waals surface area contributed by atoms with Crippen molar-refractivity contribution in [2.75, 3.05) is 13.2 Å². The lowest BCUT2D eigenvalue weighted by atomic mass is 9.98. The van der Waals surface area contributed by atoms with Crippen molar-refractivity contribution >= 4 is 10.9 Å². The van der Waals surface area contributed by atoms with Crippen molar-refractivity contribution in [3.63, 3.8) is 0 Å². The van der Waals surface area contributed by atoms with Crippen LogP contribution in [0.15, 0.2) is 37.1 Å². The van der Waals surface area contributed by atoms with Crippen LogP contribution in [0.2, 0.25) is 0 Å². The Hall–Kier alpha value is -1.72. The first-order valence-corrected chi connectivity index (χ1v) is 9.73. The first-order valence-electron chi connectivity index (χ1n) is 9.73. The van der Waals surface area contributed by atoms with Crippen molar-refractivity contribution in [2.24, 2.45) is 5.92 Å². The van der Waals surface area contributed by atoms with Gasteiger partial charge in [0.1, 0.15) is 5.82 Å². The maximum Gasteiger partial charge on any atom is 0.125 e. The van der Waals surface area contributed by atoms with Crippen LogP contribution in [0, 0.1) is 11.7 Å². The monoisotopic (exact) mass is 357 g/mol. The predicted molar refractivity (Wildman–Crippen MR) is 102 cm³/mol. The SMILES string of the molecule is C=CCO[C@H]1C[C@H]2CC[C@@H](C1)N2C[C@@H](C)Cn1ncc2ccc(F)cc21. The molecule has 2 saturated heterocycles. The number of rotatable bonds is 7. The fourth-order valence-electron chi connectivity index (χ4n) is 4.76. The van der Waals surface area contributed by atoms with Crippen LogP contribution in [0.25, 0.3) is 10.9 Å². The summed E-state index contributed by atoms with van der Waals surface area (Å²) >= 11 is 0. The number of hydrogen-bond donors (Lipinski definition) is 0.